The molecule has 1 unspecified atom stereocenters. The summed E-state index contributed by atoms with van der Waals surface area (Å²) in [4.78, 5) is 0. The van der Waals surface area contributed by atoms with Crippen molar-refractivity contribution in [3.05, 3.63) is 0 Å². The van der Waals surface area contributed by atoms with Crippen molar-refractivity contribution in [2.45, 2.75) is 71.6 Å². The fraction of sp³-hybridized carbons (Fsp3) is 1.00. The Hall–Kier alpha value is -0.0400. The van der Waals surface area contributed by atoms with Crippen molar-refractivity contribution in [2.75, 3.05) is 6.54 Å². The lowest BCUT2D eigenvalue weighted by atomic mass is 9.93. The molecular formula is C13H29N. The first-order valence-electron chi connectivity index (χ1n) is 6.55. The van der Waals surface area contributed by atoms with Crippen LogP contribution < -0.4 is 5.73 Å². The third kappa shape index (κ3) is 8.55. The average molecular weight is 199 g/mol. The van der Waals surface area contributed by atoms with Crippen molar-refractivity contribution in [2.24, 2.45) is 11.7 Å². The number of rotatable bonds is 10. The second kappa shape index (κ2) is 11.0. The van der Waals surface area contributed by atoms with Crippen LogP contribution in [0.3, 0.4) is 0 Å². The molecule has 1 heteroatoms. The van der Waals surface area contributed by atoms with E-state index in [2.05, 4.69) is 13.8 Å². The molecule has 0 amide bonds. The molecule has 0 heterocycles. The highest BCUT2D eigenvalue weighted by Crippen LogP contribution is 2.19. The maximum Gasteiger partial charge on any atom is -0.00746 e. The highest BCUT2D eigenvalue weighted by Gasteiger charge is 2.05. The number of hydrogen-bond donors (Lipinski definition) is 1. The van der Waals surface area contributed by atoms with E-state index < -0.39 is 0 Å². The van der Waals surface area contributed by atoms with Crippen molar-refractivity contribution in [1.82, 2.24) is 0 Å². The lowest BCUT2D eigenvalue weighted by molar-refractivity contribution is 0.399. The van der Waals surface area contributed by atoms with Gasteiger partial charge < -0.3 is 5.73 Å². The number of nitrogens with two attached hydrogens (primary N) is 1. The maximum absolute atomic E-state index is 5.61. The minimum absolute atomic E-state index is 0.875. The first kappa shape index (κ1) is 14.0. The summed E-state index contributed by atoms with van der Waals surface area (Å²) in [7, 11) is 0. The number of unbranched alkanes of at least 4 members (excludes halogenated alkanes) is 4. The molecule has 0 aromatic carbocycles. The van der Waals surface area contributed by atoms with Crippen LogP contribution in [0.2, 0.25) is 0 Å². The Kier molecular flexibility index (Phi) is 11.0. The van der Waals surface area contributed by atoms with E-state index in [1.807, 2.05) is 0 Å². The molecule has 1 nitrogen and oxygen atoms in total. The van der Waals surface area contributed by atoms with Crippen molar-refractivity contribution in [3.8, 4) is 0 Å². The van der Waals surface area contributed by atoms with Gasteiger partial charge in [0.25, 0.3) is 0 Å². The van der Waals surface area contributed by atoms with Crippen molar-refractivity contribution in [1.29, 1.82) is 0 Å². The van der Waals surface area contributed by atoms with E-state index >= 15 is 0 Å². The van der Waals surface area contributed by atoms with Crippen LogP contribution in [-0.4, -0.2) is 6.54 Å². The van der Waals surface area contributed by atoms with Crippen LogP contribution in [0.4, 0.5) is 0 Å². The van der Waals surface area contributed by atoms with Crippen LogP contribution in [0.15, 0.2) is 0 Å². The van der Waals surface area contributed by atoms with Gasteiger partial charge in [-0.1, -0.05) is 65.2 Å². The third-order valence-corrected chi connectivity index (χ3v) is 2.99. The molecule has 0 saturated carbocycles. The van der Waals surface area contributed by atoms with E-state index in [0.29, 0.717) is 0 Å². The Balaban J connectivity index is 3.30. The Bertz CT molecular complexity index is 95.4. The normalized spacial score (nSPS) is 13.1. The molecule has 86 valence electrons. The van der Waals surface area contributed by atoms with Gasteiger partial charge in [0.2, 0.25) is 0 Å². The van der Waals surface area contributed by atoms with E-state index in [-0.39, 0.29) is 0 Å². The summed E-state index contributed by atoms with van der Waals surface area (Å²) in [5.41, 5.74) is 5.61. The zero-order chi connectivity index (χ0) is 10.6. The molecule has 2 N–H and O–H groups in total. The fourth-order valence-electron chi connectivity index (χ4n) is 2.11. The van der Waals surface area contributed by atoms with Gasteiger partial charge >= 0.3 is 0 Å². The van der Waals surface area contributed by atoms with E-state index in [1.54, 1.807) is 0 Å². The summed E-state index contributed by atoms with van der Waals surface area (Å²) in [6.07, 6.45) is 12.4. The predicted octanol–water partition coefficient (Wildman–Crippen LogP) is 4.11. The van der Waals surface area contributed by atoms with Crippen LogP contribution in [0.1, 0.15) is 71.6 Å². The van der Waals surface area contributed by atoms with Crippen molar-refractivity contribution in [3.63, 3.8) is 0 Å². The van der Waals surface area contributed by atoms with Crippen LogP contribution in [0, 0.1) is 5.92 Å². The molecule has 0 aliphatic carbocycles. The first-order chi connectivity index (χ1) is 6.85. The average Bonchev–Trinajstić information content (AvgIpc) is 2.18. The Morgan fingerprint density at radius 2 is 1.50 bits per heavy atom. The minimum Gasteiger partial charge on any atom is -0.330 e. The van der Waals surface area contributed by atoms with E-state index in [0.717, 1.165) is 12.5 Å². The van der Waals surface area contributed by atoms with Crippen LogP contribution in [-0.2, 0) is 0 Å². The highest BCUT2D eigenvalue weighted by atomic mass is 14.5. The lowest BCUT2D eigenvalue weighted by Crippen LogP contribution is -2.08. The molecule has 0 radical (unpaired) electrons. The molecule has 14 heavy (non-hydrogen) atoms. The summed E-state index contributed by atoms with van der Waals surface area (Å²) >= 11 is 0. The second-order valence-corrected chi connectivity index (χ2v) is 4.43. The maximum atomic E-state index is 5.61. The highest BCUT2D eigenvalue weighted by molar-refractivity contribution is 4.60. The van der Waals surface area contributed by atoms with Crippen LogP contribution in [0.5, 0.6) is 0 Å². The zero-order valence-electron chi connectivity index (χ0n) is 10.2. The van der Waals surface area contributed by atoms with E-state index in [1.165, 1.54) is 57.8 Å². The van der Waals surface area contributed by atoms with E-state index in [4.69, 9.17) is 5.73 Å². The molecule has 1 atom stereocenters. The minimum atomic E-state index is 0.875. The van der Waals surface area contributed by atoms with Gasteiger partial charge in [-0.15, -0.1) is 0 Å². The fourth-order valence-corrected chi connectivity index (χ4v) is 2.11. The quantitative estimate of drug-likeness (QED) is 0.526. The van der Waals surface area contributed by atoms with Gasteiger partial charge in [0.05, 0.1) is 0 Å². The van der Waals surface area contributed by atoms with Gasteiger partial charge in [-0.2, -0.15) is 0 Å². The van der Waals surface area contributed by atoms with Crippen molar-refractivity contribution < 1.29 is 0 Å². The van der Waals surface area contributed by atoms with Crippen LogP contribution >= 0.6 is 0 Å². The standard InChI is InChI=1S/C13H29N/c1-3-5-6-7-8-10-13(9-4-2)11-12-14/h13H,3-12,14H2,1-2H3. The Morgan fingerprint density at radius 1 is 0.786 bits per heavy atom. The number of hydrogen-bond acceptors (Lipinski definition) is 1. The molecule has 0 fully saturated rings. The van der Waals surface area contributed by atoms with Gasteiger partial charge in [0.15, 0.2) is 0 Å². The summed E-state index contributed by atoms with van der Waals surface area (Å²) in [6.45, 7) is 5.43. The molecule has 0 aromatic heterocycles. The molecule has 0 rings (SSSR count). The third-order valence-electron chi connectivity index (χ3n) is 2.99. The van der Waals surface area contributed by atoms with Gasteiger partial charge in [-0.3, -0.25) is 0 Å². The summed E-state index contributed by atoms with van der Waals surface area (Å²) in [5, 5.41) is 0. The molecule has 0 bridgehead atoms. The molecule has 0 aliphatic heterocycles. The molecule has 0 aliphatic rings. The second-order valence-electron chi connectivity index (χ2n) is 4.43. The van der Waals surface area contributed by atoms with Crippen molar-refractivity contribution >= 4 is 0 Å². The molecule has 0 aromatic rings. The molecular weight excluding hydrogens is 170 g/mol. The van der Waals surface area contributed by atoms with Gasteiger partial charge in [0.1, 0.15) is 0 Å². The molecule has 0 spiro atoms. The Morgan fingerprint density at radius 3 is 2.07 bits per heavy atom. The van der Waals surface area contributed by atoms with E-state index in [9.17, 15) is 0 Å². The zero-order valence-corrected chi connectivity index (χ0v) is 10.2. The van der Waals surface area contributed by atoms with Gasteiger partial charge in [-0.25, -0.2) is 0 Å². The predicted molar refractivity (Wildman–Crippen MR) is 65.4 cm³/mol. The van der Waals surface area contributed by atoms with Gasteiger partial charge in [0, 0.05) is 0 Å². The van der Waals surface area contributed by atoms with Crippen LogP contribution in [0.25, 0.3) is 0 Å². The largest absolute Gasteiger partial charge is 0.330 e. The summed E-state index contributed by atoms with van der Waals surface area (Å²) in [5.74, 6) is 0.909. The Labute approximate surface area is 90.5 Å². The molecule has 0 saturated heterocycles. The summed E-state index contributed by atoms with van der Waals surface area (Å²) in [6, 6.07) is 0. The SMILES string of the molecule is CCCCCCCC(CCC)CCN. The summed E-state index contributed by atoms with van der Waals surface area (Å²) < 4.78 is 0. The lowest BCUT2D eigenvalue weighted by Gasteiger charge is -2.14. The first-order valence-corrected chi connectivity index (χ1v) is 6.55. The smallest absolute Gasteiger partial charge is 0.00746 e. The topological polar surface area (TPSA) is 26.0 Å². The monoisotopic (exact) mass is 199 g/mol. The van der Waals surface area contributed by atoms with Gasteiger partial charge in [-0.05, 0) is 18.9 Å².